The van der Waals surface area contributed by atoms with E-state index in [0.717, 1.165) is 11.3 Å². The summed E-state index contributed by atoms with van der Waals surface area (Å²) < 4.78 is 5.02. The average Bonchev–Trinajstić information content (AvgIpc) is 2.19. The monoisotopic (exact) mass is 179 g/mol. The first-order chi connectivity index (χ1) is 6.36. The highest BCUT2D eigenvalue weighted by Crippen LogP contribution is 2.11. The molecule has 3 heteroatoms. The largest absolute Gasteiger partial charge is 0.497 e. The summed E-state index contributed by atoms with van der Waals surface area (Å²) in [5.41, 5.74) is 1.08. The number of methoxy groups -OCH3 is 1. The lowest BCUT2D eigenvalue weighted by Gasteiger charge is -2.01. The fourth-order valence-electron chi connectivity index (χ4n) is 0.908. The van der Waals surface area contributed by atoms with Crippen molar-refractivity contribution in [1.82, 2.24) is 0 Å². The first kappa shape index (κ1) is 9.58. The molecule has 0 aliphatic carbocycles. The molecule has 0 unspecified atom stereocenters. The van der Waals surface area contributed by atoms with Gasteiger partial charge in [-0.15, -0.1) is 0 Å². The molecule has 13 heavy (non-hydrogen) atoms. The Kier molecular flexibility index (Phi) is 3.82. The summed E-state index contributed by atoms with van der Waals surface area (Å²) in [6.45, 7) is 2.31. The Morgan fingerprint density at radius 2 is 2.00 bits per heavy atom. The second-order valence-corrected chi connectivity index (χ2v) is 2.49. The minimum Gasteiger partial charge on any atom is -0.497 e. The van der Waals surface area contributed by atoms with E-state index < -0.39 is 0 Å². The van der Waals surface area contributed by atoms with Gasteiger partial charge in [0.25, 0.3) is 0 Å². The molecular formula is C10H13NO2. The van der Waals surface area contributed by atoms with Crippen LogP contribution in [0.3, 0.4) is 0 Å². The number of nitrogens with zero attached hydrogens (tertiary/aromatic N) is 1. The maximum Gasteiger partial charge on any atom is 0.142 e. The van der Waals surface area contributed by atoms with E-state index in [9.17, 15) is 0 Å². The molecule has 1 rings (SSSR count). The minimum atomic E-state index is 0.494. The molecule has 0 saturated heterocycles. The van der Waals surface area contributed by atoms with Gasteiger partial charge in [0.2, 0.25) is 0 Å². The molecule has 1 aromatic carbocycles. The molecule has 0 N–H and O–H groups in total. The van der Waals surface area contributed by atoms with Crippen LogP contribution in [0.15, 0.2) is 29.4 Å². The van der Waals surface area contributed by atoms with Crippen LogP contribution in [0.4, 0.5) is 0 Å². The number of benzene rings is 1. The first-order valence-corrected chi connectivity index (χ1v) is 4.09. The smallest absolute Gasteiger partial charge is 0.142 e. The molecule has 0 bridgehead atoms. The predicted octanol–water partition coefficient (Wildman–Crippen LogP) is 2.22. The third-order valence-electron chi connectivity index (χ3n) is 1.57. The highest BCUT2D eigenvalue weighted by Gasteiger charge is 1.93. The zero-order valence-electron chi connectivity index (χ0n) is 7.86. The van der Waals surface area contributed by atoms with Crippen LogP contribution in [0.2, 0.25) is 0 Å². The summed E-state index contributed by atoms with van der Waals surface area (Å²) >= 11 is 0. The lowest BCUT2D eigenvalue weighted by atomic mass is 10.2. The Morgan fingerprint density at radius 3 is 2.54 bits per heavy atom. The Morgan fingerprint density at radius 1 is 1.31 bits per heavy atom. The maximum absolute atomic E-state index is 5.02. The lowest BCUT2D eigenvalue weighted by molar-refractivity contribution is 0.132. The van der Waals surface area contributed by atoms with Crippen LogP contribution in [0.25, 0.3) is 0 Å². The summed E-state index contributed by atoms with van der Waals surface area (Å²) in [5.74, 6) is 0.850. The van der Waals surface area contributed by atoms with Gasteiger partial charge in [-0.1, -0.05) is 17.3 Å². The van der Waals surface area contributed by atoms with Crippen molar-refractivity contribution < 1.29 is 9.57 Å². The lowest BCUT2D eigenvalue weighted by Crippen LogP contribution is -1.87. The molecule has 0 aliphatic rings. The number of ether oxygens (including phenoxy) is 1. The van der Waals surface area contributed by atoms with Gasteiger partial charge in [0.1, 0.15) is 12.4 Å². The van der Waals surface area contributed by atoms with Crippen LogP contribution in [0.1, 0.15) is 12.5 Å². The topological polar surface area (TPSA) is 30.8 Å². The third-order valence-corrected chi connectivity index (χ3v) is 1.57. The molecule has 0 fully saturated rings. The molecule has 70 valence electrons. The van der Waals surface area contributed by atoms with Gasteiger partial charge in [-0.3, -0.25) is 0 Å². The van der Waals surface area contributed by atoms with Gasteiger partial charge >= 0.3 is 0 Å². The van der Waals surface area contributed by atoms with E-state index >= 15 is 0 Å². The summed E-state index contributed by atoms with van der Waals surface area (Å²) in [6, 6.07) is 7.69. The summed E-state index contributed by atoms with van der Waals surface area (Å²) in [7, 11) is 1.65. The van der Waals surface area contributed by atoms with Crippen molar-refractivity contribution in [3.05, 3.63) is 29.8 Å². The van der Waals surface area contributed by atoms with Gasteiger partial charge in [-0.25, -0.2) is 0 Å². The fraction of sp³-hybridized carbons (Fsp3) is 0.300. The fourth-order valence-corrected chi connectivity index (χ4v) is 0.908. The Balaban J connectivity index is 2.49. The summed E-state index contributed by atoms with van der Waals surface area (Å²) in [6.07, 6.45) is 1.61. The minimum absolute atomic E-state index is 0.494. The SMILES string of the molecule is C/C=N/OCc1ccc(OC)cc1. The van der Waals surface area contributed by atoms with Gasteiger partial charge in [-0.05, 0) is 24.6 Å². The third kappa shape index (κ3) is 3.15. The summed E-state index contributed by atoms with van der Waals surface area (Å²) in [4.78, 5) is 4.97. The number of hydrogen-bond donors (Lipinski definition) is 0. The van der Waals surface area contributed by atoms with Gasteiger partial charge in [0, 0.05) is 6.21 Å². The van der Waals surface area contributed by atoms with Crippen molar-refractivity contribution in [2.24, 2.45) is 5.16 Å². The highest BCUT2D eigenvalue weighted by atomic mass is 16.6. The quantitative estimate of drug-likeness (QED) is 0.524. The molecular weight excluding hydrogens is 166 g/mol. The van der Waals surface area contributed by atoms with Crippen molar-refractivity contribution >= 4 is 6.21 Å². The highest BCUT2D eigenvalue weighted by molar-refractivity contribution is 5.52. The molecule has 0 amide bonds. The van der Waals surface area contributed by atoms with Crippen LogP contribution >= 0.6 is 0 Å². The van der Waals surface area contributed by atoms with Crippen LogP contribution in [0.5, 0.6) is 5.75 Å². The zero-order chi connectivity index (χ0) is 9.52. The van der Waals surface area contributed by atoms with E-state index in [2.05, 4.69) is 5.16 Å². The van der Waals surface area contributed by atoms with Crippen LogP contribution in [0, 0.1) is 0 Å². The molecule has 0 aliphatic heterocycles. The molecule has 0 aromatic heterocycles. The average molecular weight is 179 g/mol. The number of oxime groups is 1. The van der Waals surface area contributed by atoms with Crippen molar-refractivity contribution in [2.75, 3.05) is 7.11 Å². The second kappa shape index (κ2) is 5.19. The Bertz CT molecular complexity index is 267. The first-order valence-electron chi connectivity index (χ1n) is 4.09. The van der Waals surface area contributed by atoms with E-state index in [-0.39, 0.29) is 0 Å². The van der Waals surface area contributed by atoms with Gasteiger partial charge in [0.15, 0.2) is 0 Å². The standard InChI is InChI=1S/C10H13NO2/c1-3-11-13-8-9-4-6-10(12-2)7-5-9/h3-7H,8H2,1-2H3/b11-3+. The molecule has 0 saturated carbocycles. The maximum atomic E-state index is 5.02. The summed E-state index contributed by atoms with van der Waals surface area (Å²) in [5, 5.41) is 3.65. The van der Waals surface area contributed by atoms with E-state index in [1.807, 2.05) is 31.2 Å². The molecule has 0 atom stereocenters. The zero-order valence-corrected chi connectivity index (χ0v) is 7.86. The molecule has 3 nitrogen and oxygen atoms in total. The van der Waals surface area contributed by atoms with E-state index in [1.165, 1.54) is 0 Å². The number of rotatable bonds is 4. The second-order valence-electron chi connectivity index (χ2n) is 2.49. The van der Waals surface area contributed by atoms with E-state index in [0.29, 0.717) is 6.61 Å². The molecule has 0 spiro atoms. The molecule has 0 radical (unpaired) electrons. The van der Waals surface area contributed by atoms with Crippen LogP contribution < -0.4 is 4.74 Å². The predicted molar refractivity (Wildman–Crippen MR) is 51.9 cm³/mol. The number of hydrogen-bond acceptors (Lipinski definition) is 3. The van der Waals surface area contributed by atoms with E-state index in [4.69, 9.17) is 9.57 Å². The van der Waals surface area contributed by atoms with Gasteiger partial charge in [-0.2, -0.15) is 0 Å². The molecule has 0 heterocycles. The van der Waals surface area contributed by atoms with Gasteiger partial charge < -0.3 is 9.57 Å². The van der Waals surface area contributed by atoms with E-state index in [1.54, 1.807) is 13.3 Å². The normalized spacial score (nSPS) is 10.3. The van der Waals surface area contributed by atoms with Crippen LogP contribution in [-0.4, -0.2) is 13.3 Å². The van der Waals surface area contributed by atoms with Crippen molar-refractivity contribution in [3.63, 3.8) is 0 Å². The Labute approximate surface area is 78.0 Å². The van der Waals surface area contributed by atoms with Crippen molar-refractivity contribution in [1.29, 1.82) is 0 Å². The Hall–Kier alpha value is -1.51. The molecule has 1 aromatic rings. The van der Waals surface area contributed by atoms with Gasteiger partial charge in [0.05, 0.1) is 7.11 Å². The van der Waals surface area contributed by atoms with Crippen LogP contribution in [-0.2, 0) is 11.4 Å². The van der Waals surface area contributed by atoms with Crippen molar-refractivity contribution in [2.45, 2.75) is 13.5 Å². The van der Waals surface area contributed by atoms with Crippen molar-refractivity contribution in [3.8, 4) is 5.75 Å².